The van der Waals surface area contributed by atoms with Gasteiger partial charge >= 0.3 is 5.97 Å². The third kappa shape index (κ3) is 3.91. The number of carboxylic acids is 1. The second kappa shape index (κ2) is 6.84. The summed E-state index contributed by atoms with van der Waals surface area (Å²) in [5.74, 6) is 0.171. The molecule has 1 aromatic heterocycles. The van der Waals surface area contributed by atoms with Crippen LogP contribution in [0.3, 0.4) is 0 Å². The van der Waals surface area contributed by atoms with Crippen LogP contribution in [0.1, 0.15) is 34.0 Å². The Bertz CT molecular complexity index is 681. The third-order valence-corrected chi connectivity index (χ3v) is 3.22. The molecule has 22 heavy (non-hydrogen) atoms. The lowest BCUT2D eigenvalue weighted by Gasteiger charge is -2.17. The zero-order valence-corrected chi connectivity index (χ0v) is 12.5. The second-order valence-corrected chi connectivity index (χ2v) is 5.05. The smallest absolute Gasteiger partial charge is 0.303 e. The van der Waals surface area contributed by atoms with E-state index >= 15 is 0 Å². The molecule has 0 saturated heterocycles. The van der Waals surface area contributed by atoms with Gasteiger partial charge in [-0.2, -0.15) is 5.10 Å². The van der Waals surface area contributed by atoms with Gasteiger partial charge in [-0.1, -0.05) is 18.2 Å². The van der Waals surface area contributed by atoms with Crippen LogP contribution in [0, 0.1) is 6.92 Å². The number of aromatic amines is 1. The van der Waals surface area contributed by atoms with Crippen molar-refractivity contribution in [2.75, 3.05) is 7.05 Å². The van der Waals surface area contributed by atoms with Crippen LogP contribution in [0.4, 0.5) is 0 Å². The number of nitrogens with one attached hydrogen (secondary N) is 1. The van der Waals surface area contributed by atoms with E-state index in [1.807, 2.05) is 0 Å². The molecule has 2 aromatic rings. The number of amides is 1. The van der Waals surface area contributed by atoms with E-state index in [9.17, 15) is 9.59 Å². The summed E-state index contributed by atoms with van der Waals surface area (Å²) < 4.78 is 0. The molecule has 2 N–H and O–H groups in total. The molecule has 0 aliphatic carbocycles. The van der Waals surface area contributed by atoms with Crippen molar-refractivity contribution in [1.29, 1.82) is 0 Å². The SMILES string of the molecule is Cc1nc(CN(C)C(=O)c2ccccc2CCC(=O)O)n[nH]1. The number of aromatic nitrogens is 3. The standard InChI is InChI=1S/C15H18N4O3/c1-10-16-13(18-17-10)9-19(2)15(22)12-6-4-3-5-11(12)7-8-14(20)21/h3-6H,7-9H2,1-2H3,(H,20,21)(H,16,17,18). The van der Waals surface area contributed by atoms with Crippen LogP contribution in [-0.2, 0) is 17.8 Å². The molecule has 1 heterocycles. The van der Waals surface area contributed by atoms with E-state index in [0.717, 1.165) is 5.56 Å². The number of carbonyl (C=O) groups is 2. The first-order chi connectivity index (χ1) is 10.5. The second-order valence-electron chi connectivity index (χ2n) is 5.05. The van der Waals surface area contributed by atoms with Gasteiger partial charge in [0.05, 0.1) is 6.54 Å². The topological polar surface area (TPSA) is 99.2 Å². The Morgan fingerprint density at radius 1 is 1.32 bits per heavy atom. The van der Waals surface area contributed by atoms with Crippen LogP contribution in [0.5, 0.6) is 0 Å². The number of aryl methyl sites for hydroxylation is 2. The predicted molar refractivity (Wildman–Crippen MR) is 79.3 cm³/mol. The molecule has 1 aromatic carbocycles. The zero-order chi connectivity index (χ0) is 16.1. The first-order valence-electron chi connectivity index (χ1n) is 6.90. The van der Waals surface area contributed by atoms with Gasteiger partial charge in [-0.05, 0) is 25.0 Å². The van der Waals surface area contributed by atoms with Crippen LogP contribution in [0.15, 0.2) is 24.3 Å². The number of nitrogens with zero attached hydrogens (tertiary/aromatic N) is 3. The number of carbonyl (C=O) groups excluding carboxylic acids is 1. The number of carboxylic acid groups (broad SMARTS) is 1. The molecule has 7 heteroatoms. The summed E-state index contributed by atoms with van der Waals surface area (Å²) in [6.07, 6.45) is 0.318. The van der Waals surface area contributed by atoms with Gasteiger partial charge in [0.2, 0.25) is 0 Å². The number of aliphatic carboxylic acids is 1. The quantitative estimate of drug-likeness (QED) is 0.840. The number of hydrogen-bond donors (Lipinski definition) is 2. The molecule has 0 aliphatic heterocycles. The van der Waals surface area contributed by atoms with Gasteiger partial charge in [0.15, 0.2) is 5.82 Å². The van der Waals surface area contributed by atoms with Gasteiger partial charge in [0.25, 0.3) is 5.91 Å². The van der Waals surface area contributed by atoms with Crippen LogP contribution in [0.25, 0.3) is 0 Å². The lowest BCUT2D eigenvalue weighted by Crippen LogP contribution is -2.27. The van der Waals surface area contributed by atoms with E-state index < -0.39 is 5.97 Å². The molecule has 0 radical (unpaired) electrons. The molecule has 0 spiro atoms. The minimum atomic E-state index is -0.883. The lowest BCUT2D eigenvalue weighted by atomic mass is 10.0. The summed E-state index contributed by atoms with van der Waals surface area (Å²) in [6.45, 7) is 2.08. The predicted octanol–water partition coefficient (Wildman–Crippen LogP) is 1.40. The third-order valence-electron chi connectivity index (χ3n) is 3.22. The molecule has 0 bridgehead atoms. The highest BCUT2D eigenvalue weighted by Crippen LogP contribution is 2.14. The van der Waals surface area contributed by atoms with Crippen molar-refractivity contribution in [2.24, 2.45) is 0 Å². The molecule has 0 unspecified atom stereocenters. The van der Waals surface area contributed by atoms with Crippen LogP contribution >= 0.6 is 0 Å². The van der Waals surface area contributed by atoms with Gasteiger partial charge in [0.1, 0.15) is 5.82 Å². The molecular formula is C15H18N4O3. The summed E-state index contributed by atoms with van der Waals surface area (Å²) in [4.78, 5) is 28.9. The van der Waals surface area contributed by atoms with Crippen molar-refractivity contribution in [2.45, 2.75) is 26.3 Å². The summed E-state index contributed by atoms with van der Waals surface area (Å²) >= 11 is 0. The van der Waals surface area contributed by atoms with Crippen LogP contribution in [0.2, 0.25) is 0 Å². The van der Waals surface area contributed by atoms with Crippen LogP contribution in [-0.4, -0.2) is 44.1 Å². The monoisotopic (exact) mass is 302 g/mol. The molecule has 0 aliphatic rings. The largest absolute Gasteiger partial charge is 0.481 e. The highest BCUT2D eigenvalue weighted by Gasteiger charge is 2.17. The van der Waals surface area contributed by atoms with Crippen LogP contribution < -0.4 is 0 Å². The Kier molecular flexibility index (Phi) is 4.88. The lowest BCUT2D eigenvalue weighted by molar-refractivity contribution is -0.136. The number of hydrogen-bond acceptors (Lipinski definition) is 4. The van der Waals surface area contributed by atoms with E-state index in [-0.39, 0.29) is 18.9 Å². The van der Waals surface area contributed by atoms with Crippen molar-refractivity contribution in [3.8, 4) is 0 Å². The fraction of sp³-hybridized carbons (Fsp3) is 0.333. The molecule has 1 amide bonds. The van der Waals surface area contributed by atoms with Gasteiger partial charge in [-0.3, -0.25) is 14.7 Å². The number of benzene rings is 1. The fourth-order valence-corrected chi connectivity index (χ4v) is 2.14. The molecule has 7 nitrogen and oxygen atoms in total. The Morgan fingerprint density at radius 3 is 2.68 bits per heavy atom. The fourth-order valence-electron chi connectivity index (χ4n) is 2.14. The summed E-state index contributed by atoms with van der Waals surface area (Å²) in [7, 11) is 1.67. The minimum Gasteiger partial charge on any atom is -0.481 e. The molecule has 0 saturated carbocycles. The van der Waals surface area contributed by atoms with Crippen molar-refractivity contribution in [1.82, 2.24) is 20.1 Å². The maximum absolute atomic E-state index is 12.5. The number of rotatable bonds is 6. The molecule has 2 rings (SSSR count). The highest BCUT2D eigenvalue weighted by molar-refractivity contribution is 5.95. The summed E-state index contributed by atoms with van der Waals surface area (Å²) in [6, 6.07) is 7.05. The van der Waals surface area contributed by atoms with Gasteiger partial charge in [-0.15, -0.1) is 0 Å². The van der Waals surface area contributed by atoms with Crippen molar-refractivity contribution < 1.29 is 14.7 Å². The maximum atomic E-state index is 12.5. The Hall–Kier alpha value is -2.70. The van der Waals surface area contributed by atoms with E-state index in [2.05, 4.69) is 15.2 Å². The van der Waals surface area contributed by atoms with E-state index in [4.69, 9.17) is 5.11 Å². The average molecular weight is 302 g/mol. The van der Waals surface area contributed by atoms with E-state index in [0.29, 0.717) is 23.6 Å². The van der Waals surface area contributed by atoms with Gasteiger partial charge in [-0.25, -0.2) is 4.98 Å². The minimum absolute atomic E-state index is 0.00583. The summed E-state index contributed by atoms with van der Waals surface area (Å²) in [5.41, 5.74) is 1.24. The van der Waals surface area contributed by atoms with E-state index in [1.165, 1.54) is 4.90 Å². The first-order valence-corrected chi connectivity index (χ1v) is 6.90. The first kappa shape index (κ1) is 15.7. The molecular weight excluding hydrogens is 284 g/mol. The van der Waals surface area contributed by atoms with E-state index in [1.54, 1.807) is 38.2 Å². The van der Waals surface area contributed by atoms with Gasteiger partial charge < -0.3 is 10.0 Å². The Labute approximate surface area is 128 Å². The van der Waals surface area contributed by atoms with Crippen molar-refractivity contribution in [3.63, 3.8) is 0 Å². The summed E-state index contributed by atoms with van der Waals surface area (Å²) in [5, 5.41) is 15.5. The van der Waals surface area contributed by atoms with Crippen molar-refractivity contribution >= 4 is 11.9 Å². The Balaban J connectivity index is 2.12. The average Bonchev–Trinajstić information content (AvgIpc) is 2.89. The molecule has 0 fully saturated rings. The highest BCUT2D eigenvalue weighted by atomic mass is 16.4. The molecule has 116 valence electrons. The zero-order valence-electron chi connectivity index (χ0n) is 12.5. The number of H-pyrrole nitrogens is 1. The normalized spacial score (nSPS) is 10.5. The maximum Gasteiger partial charge on any atom is 0.303 e. The Morgan fingerprint density at radius 2 is 2.05 bits per heavy atom. The molecule has 0 atom stereocenters. The van der Waals surface area contributed by atoms with Gasteiger partial charge in [0, 0.05) is 19.0 Å². The van der Waals surface area contributed by atoms with Crippen molar-refractivity contribution in [3.05, 3.63) is 47.0 Å².